The van der Waals surface area contributed by atoms with Crippen molar-refractivity contribution in [3.8, 4) is 67.5 Å². The molecule has 6 heterocycles. The Balaban J connectivity index is 0.0000000928. The van der Waals surface area contributed by atoms with Crippen LogP contribution >= 0.6 is 0 Å². The predicted molar refractivity (Wildman–Crippen MR) is 631 cm³/mol. The summed E-state index contributed by atoms with van der Waals surface area (Å²) in [5.74, 6) is 0. The van der Waals surface area contributed by atoms with Gasteiger partial charge in [-0.25, -0.2) is 0 Å². The third kappa shape index (κ3) is 15.9. The molecule has 2 aliphatic rings. The molecule has 0 fully saturated rings. The molecule has 22 aromatic carbocycles. The molecular weight excluding hydrogens is 1790 g/mol. The molecule has 6 heteroatoms. The molecule has 0 bridgehead atoms. The summed E-state index contributed by atoms with van der Waals surface area (Å²) in [6.07, 6.45) is 0. The molecule has 6 aromatic heterocycles. The minimum absolute atomic E-state index is 0.00794. The maximum atomic E-state index is 2.44. The Morgan fingerprint density at radius 1 is 0.135 bits per heavy atom. The monoisotopic (exact) mass is 1900 g/mol. The molecular formula is C142H112N6. The number of aryl methyl sites for hydroxylation is 6. The lowest BCUT2D eigenvalue weighted by Crippen LogP contribution is -2.14. The molecule has 148 heavy (non-hydrogen) atoms. The van der Waals surface area contributed by atoms with Crippen molar-refractivity contribution in [2.75, 3.05) is 0 Å². The fourth-order valence-corrected chi connectivity index (χ4v) is 23.7. The Kier molecular flexibility index (Phi) is 22.9. The standard InChI is InChI=1S/2C28H23N.C25H19N.C23H17N.2C19H15N/c1-18-9-8-10-19(15-18)29-26-14-7-5-12-21(26)23-16-22-20-11-4-6-13-24(20)28(2,3)25(22)17-27(23)29;1-18-12-14-19(15-13-18)29-26-11-7-5-9-21(26)23-16-22-20-8-4-6-10-24(20)28(2,3)25(22)17-27(23)29;1-18-11-14-21(15-12-18)26-24-10-6-5-9-22(24)23-17-20(13-16-25(23)26)19-7-3-2-4-8-19;1-16-7-6-10-19(13-16)24-22-12-5-4-11-20(22)21-14-17-8-2-3-9-18(17)15-23(21)24;1-14-7-6-8-15(13-14)20-18-11-4-2-9-16(18)17-10-3-5-12-19(17)20;1-14-10-12-15(13-11-14)20-18-8-4-2-6-16(18)17-7-3-5-9-19(17)20/h2*4-17H,1-3H3;2-17H,1H3;2-15H,1H3;2*2-13H,1H3. The van der Waals surface area contributed by atoms with Gasteiger partial charge in [-0.15, -0.1) is 0 Å². The third-order valence-electron chi connectivity index (χ3n) is 30.9. The molecule has 0 unspecified atom stereocenters. The lowest BCUT2D eigenvalue weighted by atomic mass is 9.82. The second-order valence-corrected chi connectivity index (χ2v) is 41.2. The fraction of sp³-hybridized carbons (Fsp3) is 0.0845. The Bertz CT molecular complexity index is 9930. The van der Waals surface area contributed by atoms with Crippen molar-refractivity contribution >= 4 is 142 Å². The zero-order valence-electron chi connectivity index (χ0n) is 85.0. The average Bonchev–Trinajstić information content (AvgIpc) is 1.55. The van der Waals surface area contributed by atoms with E-state index in [-0.39, 0.29) is 10.8 Å². The summed E-state index contributed by atoms with van der Waals surface area (Å²) in [5.41, 5.74) is 43.9. The van der Waals surface area contributed by atoms with Crippen LogP contribution in [0.25, 0.3) is 209 Å². The summed E-state index contributed by atoms with van der Waals surface area (Å²) >= 11 is 0. The Morgan fingerprint density at radius 3 is 0.736 bits per heavy atom. The van der Waals surface area contributed by atoms with Gasteiger partial charge in [0.2, 0.25) is 0 Å². The van der Waals surface area contributed by atoms with Gasteiger partial charge < -0.3 is 27.4 Å². The van der Waals surface area contributed by atoms with E-state index < -0.39 is 0 Å². The molecule has 0 N–H and O–H groups in total. The van der Waals surface area contributed by atoms with Crippen molar-refractivity contribution in [3.63, 3.8) is 0 Å². The highest BCUT2D eigenvalue weighted by Crippen LogP contribution is 2.54. The van der Waals surface area contributed by atoms with Gasteiger partial charge in [0.05, 0.1) is 66.2 Å². The van der Waals surface area contributed by atoms with Crippen LogP contribution in [0, 0.1) is 41.5 Å². The van der Waals surface area contributed by atoms with Crippen molar-refractivity contribution in [3.05, 3.63) is 553 Å². The van der Waals surface area contributed by atoms with Gasteiger partial charge in [-0.05, 0) is 294 Å². The molecule has 6 nitrogen and oxygen atoms in total. The van der Waals surface area contributed by atoms with E-state index >= 15 is 0 Å². The number of nitrogens with zero attached hydrogens (tertiary/aromatic N) is 6. The Morgan fingerprint density at radius 2 is 0.392 bits per heavy atom. The van der Waals surface area contributed by atoms with Gasteiger partial charge in [-0.1, -0.05) is 372 Å². The van der Waals surface area contributed by atoms with E-state index in [9.17, 15) is 0 Å². The average molecular weight is 1900 g/mol. The second kappa shape index (κ2) is 37.3. The summed E-state index contributed by atoms with van der Waals surface area (Å²) < 4.78 is 14.3. The molecule has 0 spiro atoms. The van der Waals surface area contributed by atoms with Crippen LogP contribution in [0.2, 0.25) is 0 Å². The maximum Gasteiger partial charge on any atom is 0.0547 e. The van der Waals surface area contributed by atoms with E-state index in [4.69, 9.17) is 0 Å². The summed E-state index contributed by atoms with van der Waals surface area (Å²) in [4.78, 5) is 0. The van der Waals surface area contributed by atoms with Crippen molar-refractivity contribution in [1.82, 2.24) is 27.4 Å². The number of fused-ring (bicyclic) bond motifs is 25. The summed E-state index contributed by atoms with van der Waals surface area (Å²) in [5, 5.41) is 18.3. The predicted octanol–water partition coefficient (Wildman–Crippen LogP) is 38.0. The first-order chi connectivity index (χ1) is 72.4. The van der Waals surface area contributed by atoms with E-state index in [1.54, 1.807) is 0 Å². The number of aromatic nitrogens is 6. The van der Waals surface area contributed by atoms with Gasteiger partial charge in [0.1, 0.15) is 0 Å². The fourth-order valence-electron chi connectivity index (χ4n) is 23.7. The van der Waals surface area contributed by atoms with Gasteiger partial charge in [0.25, 0.3) is 0 Å². The topological polar surface area (TPSA) is 29.6 Å². The lowest BCUT2D eigenvalue weighted by molar-refractivity contribution is 0.661. The first kappa shape index (κ1) is 91.1. The molecule has 0 aliphatic heterocycles. The van der Waals surface area contributed by atoms with Gasteiger partial charge in [0, 0.05) is 110 Å². The van der Waals surface area contributed by atoms with Crippen LogP contribution < -0.4 is 0 Å². The van der Waals surface area contributed by atoms with Crippen LogP contribution in [0.3, 0.4) is 0 Å². The normalized spacial score (nSPS) is 12.5. The van der Waals surface area contributed by atoms with E-state index in [2.05, 4.69) is 594 Å². The van der Waals surface area contributed by atoms with Crippen molar-refractivity contribution in [2.45, 2.75) is 80.1 Å². The number of benzene rings is 22. The maximum absolute atomic E-state index is 2.44. The van der Waals surface area contributed by atoms with Gasteiger partial charge in [-0.2, -0.15) is 0 Å². The minimum Gasteiger partial charge on any atom is -0.309 e. The Labute approximate surface area is 863 Å². The first-order valence-corrected chi connectivity index (χ1v) is 51.7. The molecule has 28 aromatic rings. The molecule has 0 saturated heterocycles. The third-order valence-corrected chi connectivity index (χ3v) is 30.9. The number of rotatable bonds is 7. The first-order valence-electron chi connectivity index (χ1n) is 51.7. The van der Waals surface area contributed by atoms with E-state index in [1.165, 1.54) is 265 Å². The molecule has 2 aliphatic carbocycles. The SMILES string of the molecule is Cc1ccc(-n2c3ccccc3c3cc(-c4ccccc4)ccc32)cc1.Cc1ccc(-n2c3ccccc3c3cc4c(cc32)C(C)(C)c2ccccc2-4)cc1.Cc1ccc(-n2c3ccccc3c3ccccc32)cc1.Cc1cccc(-n2c3ccccc3c3cc4c(cc32)C(C)(C)c2ccccc2-4)c1.Cc1cccc(-n2c3ccccc3c3cc4ccccc4cc32)c1.Cc1cccc(-n2c3ccccc3c3ccccc32)c1. The van der Waals surface area contributed by atoms with E-state index in [0.717, 1.165) is 0 Å². The molecule has 0 amide bonds. The minimum atomic E-state index is 0.00794. The van der Waals surface area contributed by atoms with Crippen LogP contribution in [-0.2, 0) is 10.8 Å². The Hall–Kier alpha value is -18.1. The van der Waals surface area contributed by atoms with Crippen LogP contribution in [0.15, 0.2) is 497 Å². The van der Waals surface area contributed by atoms with Crippen molar-refractivity contribution in [2.24, 2.45) is 0 Å². The molecule has 0 saturated carbocycles. The van der Waals surface area contributed by atoms with Gasteiger partial charge >= 0.3 is 0 Å². The smallest absolute Gasteiger partial charge is 0.0547 e. The van der Waals surface area contributed by atoms with Crippen molar-refractivity contribution < 1.29 is 0 Å². The summed E-state index contributed by atoms with van der Waals surface area (Å²) in [7, 11) is 0. The molecule has 0 atom stereocenters. The van der Waals surface area contributed by atoms with E-state index in [1.807, 2.05) is 0 Å². The van der Waals surface area contributed by atoms with Crippen LogP contribution in [0.5, 0.6) is 0 Å². The number of hydrogen-bond acceptors (Lipinski definition) is 0. The molecule has 0 radical (unpaired) electrons. The largest absolute Gasteiger partial charge is 0.309 e. The lowest BCUT2D eigenvalue weighted by Gasteiger charge is -2.21. The van der Waals surface area contributed by atoms with Crippen LogP contribution in [0.1, 0.15) is 83.3 Å². The van der Waals surface area contributed by atoms with Crippen LogP contribution in [-0.4, -0.2) is 27.4 Å². The molecule has 30 rings (SSSR count). The molecule has 710 valence electrons. The highest BCUT2D eigenvalue weighted by Gasteiger charge is 2.38. The highest BCUT2D eigenvalue weighted by atomic mass is 15.0. The zero-order valence-corrected chi connectivity index (χ0v) is 85.0. The van der Waals surface area contributed by atoms with Crippen LogP contribution in [0.4, 0.5) is 0 Å². The van der Waals surface area contributed by atoms with E-state index in [0.29, 0.717) is 0 Å². The van der Waals surface area contributed by atoms with Gasteiger partial charge in [-0.3, -0.25) is 0 Å². The van der Waals surface area contributed by atoms with Gasteiger partial charge in [0.15, 0.2) is 0 Å². The highest BCUT2D eigenvalue weighted by molar-refractivity contribution is 6.17. The zero-order chi connectivity index (χ0) is 100. The number of hydrogen-bond donors (Lipinski definition) is 0. The summed E-state index contributed by atoms with van der Waals surface area (Å²) in [6.45, 7) is 22.2. The summed E-state index contributed by atoms with van der Waals surface area (Å²) in [6, 6.07) is 180. The second-order valence-electron chi connectivity index (χ2n) is 41.2. The quantitative estimate of drug-likeness (QED) is 0.152. The number of para-hydroxylation sites is 8. The van der Waals surface area contributed by atoms with Crippen molar-refractivity contribution in [1.29, 1.82) is 0 Å².